The van der Waals surface area contributed by atoms with Gasteiger partial charge in [-0.25, -0.2) is 0 Å². The Morgan fingerprint density at radius 3 is 2.58 bits per heavy atom. The van der Waals surface area contributed by atoms with Gasteiger partial charge in [-0.05, 0) is 0 Å². The van der Waals surface area contributed by atoms with Crippen LogP contribution in [0.15, 0.2) is 0 Å². The molecule has 12 heavy (non-hydrogen) atoms. The van der Waals surface area contributed by atoms with Crippen molar-refractivity contribution in [3.63, 3.8) is 0 Å². The van der Waals surface area contributed by atoms with Crippen LogP contribution in [0.1, 0.15) is 6.92 Å². The molecule has 0 bridgehead atoms. The van der Waals surface area contributed by atoms with Gasteiger partial charge in [0.05, 0.1) is 13.7 Å². The fourth-order valence-corrected chi connectivity index (χ4v) is 0.530. The van der Waals surface area contributed by atoms with Crippen LogP contribution in [-0.2, 0) is 19.1 Å². The molecule has 0 aromatic carbocycles. The molecule has 0 rings (SSSR count). The second-order valence-electron chi connectivity index (χ2n) is 2.09. The highest BCUT2D eigenvalue weighted by Gasteiger charge is 1.97. The zero-order chi connectivity index (χ0) is 9.40. The lowest BCUT2D eigenvalue weighted by Gasteiger charge is -2.02. The summed E-state index contributed by atoms with van der Waals surface area (Å²) in [6, 6.07) is 0. The minimum atomic E-state index is -0.335. The van der Waals surface area contributed by atoms with E-state index >= 15 is 0 Å². The van der Waals surface area contributed by atoms with Gasteiger partial charge in [-0.1, -0.05) is 0 Å². The van der Waals surface area contributed by atoms with Gasteiger partial charge >= 0.3 is 11.9 Å². The molecule has 1 N–H and O–H groups in total. The van der Waals surface area contributed by atoms with Crippen LogP contribution in [0.3, 0.4) is 0 Å². The number of carbonyl (C=O) groups is 2. The van der Waals surface area contributed by atoms with Gasteiger partial charge in [0.2, 0.25) is 0 Å². The minimum absolute atomic E-state index is 0.137. The van der Waals surface area contributed by atoms with Crippen LogP contribution >= 0.6 is 0 Å². The first-order chi connectivity index (χ1) is 5.66. The molecule has 0 spiro atoms. The summed E-state index contributed by atoms with van der Waals surface area (Å²) in [5, 5.41) is 2.74. The zero-order valence-corrected chi connectivity index (χ0v) is 7.25. The zero-order valence-electron chi connectivity index (χ0n) is 7.25. The highest BCUT2D eigenvalue weighted by Crippen LogP contribution is 1.74. The first-order valence-corrected chi connectivity index (χ1v) is 3.57. The maximum absolute atomic E-state index is 10.5. The van der Waals surface area contributed by atoms with E-state index < -0.39 is 0 Å². The van der Waals surface area contributed by atoms with Crippen LogP contribution < -0.4 is 5.32 Å². The van der Waals surface area contributed by atoms with E-state index in [1.165, 1.54) is 14.0 Å². The lowest BCUT2D eigenvalue weighted by atomic mass is 10.6. The normalized spacial score (nSPS) is 9.17. The molecule has 0 aromatic rings. The van der Waals surface area contributed by atoms with E-state index in [2.05, 4.69) is 14.8 Å². The van der Waals surface area contributed by atoms with Crippen LogP contribution in [0.25, 0.3) is 0 Å². The van der Waals surface area contributed by atoms with Crippen LogP contribution in [0, 0.1) is 0 Å². The van der Waals surface area contributed by atoms with Gasteiger partial charge < -0.3 is 14.8 Å². The van der Waals surface area contributed by atoms with Crippen molar-refractivity contribution >= 4 is 11.9 Å². The Balaban J connectivity index is 3.11. The summed E-state index contributed by atoms with van der Waals surface area (Å²) in [6.07, 6.45) is 0. The molecule has 0 unspecified atom stereocenters. The molecule has 0 saturated heterocycles. The van der Waals surface area contributed by atoms with Crippen molar-refractivity contribution in [2.75, 3.05) is 26.8 Å². The number of ether oxygens (including phenoxy) is 2. The summed E-state index contributed by atoms with van der Waals surface area (Å²) in [7, 11) is 1.32. The van der Waals surface area contributed by atoms with Crippen molar-refractivity contribution in [2.45, 2.75) is 6.92 Å². The monoisotopic (exact) mass is 175 g/mol. The Kier molecular flexibility index (Phi) is 6.00. The standard InChI is InChI=1S/C7H13NO4/c1-6(9)12-4-3-8-5-7(10)11-2/h8H,3-5H2,1-2H3. The predicted molar refractivity (Wildman–Crippen MR) is 41.5 cm³/mol. The lowest BCUT2D eigenvalue weighted by Crippen LogP contribution is -2.27. The van der Waals surface area contributed by atoms with Crippen molar-refractivity contribution in [3.8, 4) is 0 Å². The molecule has 0 amide bonds. The number of hydrogen-bond acceptors (Lipinski definition) is 5. The van der Waals surface area contributed by atoms with E-state index in [1.807, 2.05) is 0 Å². The Morgan fingerprint density at radius 2 is 2.08 bits per heavy atom. The first-order valence-electron chi connectivity index (χ1n) is 3.57. The lowest BCUT2D eigenvalue weighted by molar-refractivity contribution is -0.140. The molecule has 0 heterocycles. The van der Waals surface area contributed by atoms with Crippen molar-refractivity contribution in [2.24, 2.45) is 0 Å². The van der Waals surface area contributed by atoms with Crippen LogP contribution in [0.5, 0.6) is 0 Å². The molecule has 5 heteroatoms. The molecule has 0 fully saturated rings. The molecule has 0 radical (unpaired) electrons. The van der Waals surface area contributed by atoms with Crippen molar-refractivity contribution in [1.82, 2.24) is 5.32 Å². The quantitative estimate of drug-likeness (QED) is 0.442. The molecule has 0 aromatic heterocycles. The topological polar surface area (TPSA) is 64.6 Å². The van der Waals surface area contributed by atoms with Gasteiger partial charge in [-0.3, -0.25) is 9.59 Å². The number of hydrogen-bond donors (Lipinski definition) is 1. The Labute approximate surface area is 71.0 Å². The number of esters is 2. The van der Waals surface area contributed by atoms with Gasteiger partial charge in [0.15, 0.2) is 0 Å². The minimum Gasteiger partial charge on any atom is -0.468 e. The van der Waals surface area contributed by atoms with E-state index in [9.17, 15) is 9.59 Å². The number of rotatable bonds is 5. The summed E-state index contributed by atoms with van der Waals surface area (Å²) < 4.78 is 8.97. The van der Waals surface area contributed by atoms with E-state index in [0.717, 1.165) is 0 Å². The number of methoxy groups -OCH3 is 1. The largest absolute Gasteiger partial charge is 0.468 e. The maximum Gasteiger partial charge on any atom is 0.319 e. The summed E-state index contributed by atoms with van der Waals surface area (Å²) >= 11 is 0. The fraction of sp³-hybridized carbons (Fsp3) is 0.714. The van der Waals surface area contributed by atoms with Gasteiger partial charge in [0, 0.05) is 13.5 Å². The SMILES string of the molecule is COC(=O)CNCCOC(C)=O. The summed E-state index contributed by atoms with van der Waals surface area (Å²) in [5.74, 6) is -0.660. The van der Waals surface area contributed by atoms with Crippen molar-refractivity contribution in [1.29, 1.82) is 0 Å². The van der Waals surface area contributed by atoms with Crippen molar-refractivity contribution < 1.29 is 19.1 Å². The van der Waals surface area contributed by atoms with Crippen LogP contribution in [-0.4, -0.2) is 38.7 Å². The number of nitrogens with one attached hydrogen (secondary N) is 1. The van der Waals surface area contributed by atoms with Crippen LogP contribution in [0.4, 0.5) is 0 Å². The Morgan fingerprint density at radius 1 is 1.42 bits per heavy atom. The summed E-state index contributed by atoms with van der Waals surface area (Å²) in [6.45, 7) is 2.19. The number of carbonyl (C=O) groups excluding carboxylic acids is 2. The maximum atomic E-state index is 10.5. The first kappa shape index (κ1) is 10.9. The van der Waals surface area contributed by atoms with Gasteiger partial charge in [-0.2, -0.15) is 0 Å². The Hall–Kier alpha value is -1.10. The van der Waals surface area contributed by atoms with Gasteiger partial charge in [0.25, 0.3) is 0 Å². The van der Waals surface area contributed by atoms with Gasteiger partial charge in [0.1, 0.15) is 6.61 Å². The van der Waals surface area contributed by atoms with E-state index in [1.54, 1.807) is 0 Å². The highest BCUT2D eigenvalue weighted by atomic mass is 16.5. The predicted octanol–water partition coefficient (Wildman–Crippen LogP) is -0.688. The Bertz CT molecular complexity index is 157. The van der Waals surface area contributed by atoms with Crippen LogP contribution in [0.2, 0.25) is 0 Å². The second-order valence-corrected chi connectivity index (χ2v) is 2.09. The second kappa shape index (κ2) is 6.60. The molecule has 70 valence electrons. The molecule has 0 aliphatic rings. The third-order valence-electron chi connectivity index (χ3n) is 1.08. The fourth-order valence-electron chi connectivity index (χ4n) is 0.530. The third-order valence-corrected chi connectivity index (χ3v) is 1.08. The third kappa shape index (κ3) is 7.01. The highest BCUT2D eigenvalue weighted by molar-refractivity contribution is 5.71. The smallest absolute Gasteiger partial charge is 0.319 e. The molecule has 0 aliphatic carbocycles. The van der Waals surface area contributed by atoms with Crippen molar-refractivity contribution in [3.05, 3.63) is 0 Å². The van der Waals surface area contributed by atoms with E-state index in [-0.39, 0.29) is 25.1 Å². The molecule has 5 nitrogen and oxygen atoms in total. The average Bonchev–Trinajstić information content (AvgIpc) is 2.03. The summed E-state index contributed by atoms with van der Waals surface area (Å²) in [5.41, 5.74) is 0. The van der Waals surface area contributed by atoms with E-state index in [0.29, 0.717) is 6.54 Å². The molecular weight excluding hydrogens is 162 g/mol. The molecule has 0 atom stereocenters. The molecular formula is C7H13NO4. The average molecular weight is 175 g/mol. The molecule has 0 saturated carbocycles. The summed E-state index contributed by atoms with van der Waals surface area (Å²) in [4.78, 5) is 20.8. The van der Waals surface area contributed by atoms with E-state index in [4.69, 9.17) is 0 Å². The molecule has 0 aliphatic heterocycles. The van der Waals surface area contributed by atoms with Gasteiger partial charge in [-0.15, -0.1) is 0 Å².